The quantitative estimate of drug-likeness (QED) is 0.874. The minimum atomic E-state index is 0.115. The van der Waals surface area contributed by atoms with Crippen LogP contribution in [0.15, 0.2) is 53.7 Å². The van der Waals surface area contributed by atoms with E-state index in [1.807, 2.05) is 18.2 Å². The lowest BCUT2D eigenvalue weighted by Gasteiger charge is -2.30. The van der Waals surface area contributed by atoms with Crippen LogP contribution in [0.4, 0.5) is 0 Å². The highest BCUT2D eigenvalue weighted by Crippen LogP contribution is 2.40. The van der Waals surface area contributed by atoms with Crippen LogP contribution in [0, 0.1) is 0 Å². The average Bonchev–Trinajstić information content (AvgIpc) is 2.56. The van der Waals surface area contributed by atoms with Crippen molar-refractivity contribution < 1.29 is 4.74 Å². The summed E-state index contributed by atoms with van der Waals surface area (Å²) in [6.07, 6.45) is 1.89. The molecule has 5 heteroatoms. The maximum atomic E-state index is 6.25. The van der Waals surface area contributed by atoms with Crippen molar-refractivity contribution in [2.45, 2.75) is 16.4 Å². The number of thioether (sulfide) groups is 1. The third-order valence-electron chi connectivity index (χ3n) is 3.39. The number of nitrogens with one attached hydrogen (secondary N) is 1. The summed E-state index contributed by atoms with van der Waals surface area (Å²) < 4.78 is 5.95. The Balaban J connectivity index is 1.87. The first kappa shape index (κ1) is 14.9. The van der Waals surface area contributed by atoms with Gasteiger partial charge in [0.2, 0.25) is 0 Å². The van der Waals surface area contributed by atoms with Gasteiger partial charge in [-0.3, -0.25) is 0 Å². The lowest BCUT2D eigenvalue weighted by molar-refractivity contribution is 0.0273. The molecule has 1 fully saturated rings. The molecule has 3 nitrogen and oxygen atoms in total. The Morgan fingerprint density at radius 2 is 2.10 bits per heavy atom. The summed E-state index contributed by atoms with van der Waals surface area (Å²) in [6, 6.07) is 14.1. The maximum Gasteiger partial charge on any atom is 0.115 e. The van der Waals surface area contributed by atoms with Gasteiger partial charge in [-0.25, -0.2) is 4.98 Å². The molecule has 3 rings (SSSR count). The number of aromatic nitrogens is 1. The molecular weight excluding hydrogens is 304 g/mol. The third-order valence-corrected chi connectivity index (χ3v) is 5.18. The van der Waals surface area contributed by atoms with Crippen LogP contribution in [0.3, 0.4) is 0 Å². The van der Waals surface area contributed by atoms with Gasteiger partial charge in [-0.05, 0) is 17.7 Å². The smallest absolute Gasteiger partial charge is 0.115 e. The maximum absolute atomic E-state index is 6.25. The van der Waals surface area contributed by atoms with E-state index in [-0.39, 0.29) is 11.4 Å². The second-order valence-electron chi connectivity index (χ2n) is 4.85. The summed E-state index contributed by atoms with van der Waals surface area (Å²) in [7, 11) is 0. The Kier molecular flexibility index (Phi) is 5.14. The highest BCUT2D eigenvalue weighted by Gasteiger charge is 2.27. The molecule has 2 atom stereocenters. The number of ether oxygens (including phenoxy) is 1. The number of hydrogen-bond donors (Lipinski definition) is 1. The predicted molar refractivity (Wildman–Crippen MR) is 86.9 cm³/mol. The van der Waals surface area contributed by atoms with E-state index in [4.69, 9.17) is 16.3 Å². The van der Waals surface area contributed by atoms with Gasteiger partial charge in [0.25, 0.3) is 0 Å². The monoisotopic (exact) mass is 320 g/mol. The van der Waals surface area contributed by atoms with Crippen molar-refractivity contribution in [3.05, 3.63) is 59.2 Å². The number of halogens is 1. The van der Waals surface area contributed by atoms with Gasteiger partial charge in [-0.15, -0.1) is 0 Å². The number of nitrogens with zero attached hydrogens (tertiary/aromatic N) is 1. The second kappa shape index (κ2) is 7.27. The highest BCUT2D eigenvalue weighted by atomic mass is 35.5. The molecule has 2 heterocycles. The van der Waals surface area contributed by atoms with Crippen molar-refractivity contribution in [2.75, 3.05) is 19.7 Å². The highest BCUT2D eigenvalue weighted by molar-refractivity contribution is 7.99. The Bertz CT molecular complexity index is 575. The first-order valence-corrected chi connectivity index (χ1v) is 8.25. The molecule has 1 aliphatic rings. The van der Waals surface area contributed by atoms with E-state index in [2.05, 4.69) is 34.6 Å². The van der Waals surface area contributed by atoms with E-state index in [0.29, 0.717) is 5.02 Å². The number of rotatable bonds is 4. The molecular formula is C16H17ClN2OS. The lowest BCUT2D eigenvalue weighted by atomic mass is 10.1. The minimum Gasteiger partial charge on any atom is -0.374 e. The Morgan fingerprint density at radius 1 is 1.24 bits per heavy atom. The molecule has 110 valence electrons. The van der Waals surface area contributed by atoms with Crippen molar-refractivity contribution in [2.24, 2.45) is 0 Å². The van der Waals surface area contributed by atoms with Crippen LogP contribution in [0.2, 0.25) is 5.02 Å². The van der Waals surface area contributed by atoms with Crippen LogP contribution < -0.4 is 5.32 Å². The Morgan fingerprint density at radius 3 is 2.81 bits per heavy atom. The largest absolute Gasteiger partial charge is 0.374 e. The van der Waals surface area contributed by atoms with Crippen molar-refractivity contribution in [3.63, 3.8) is 0 Å². The van der Waals surface area contributed by atoms with Crippen LogP contribution in [-0.2, 0) is 4.74 Å². The molecule has 0 radical (unpaired) electrons. The van der Waals surface area contributed by atoms with Gasteiger partial charge in [0.15, 0.2) is 0 Å². The Hall–Kier alpha value is -1.07. The van der Waals surface area contributed by atoms with Crippen molar-refractivity contribution in [1.29, 1.82) is 0 Å². The van der Waals surface area contributed by atoms with Gasteiger partial charge in [0.05, 0.1) is 23.0 Å². The third kappa shape index (κ3) is 3.77. The summed E-state index contributed by atoms with van der Waals surface area (Å²) in [4.78, 5) is 4.39. The van der Waals surface area contributed by atoms with Crippen LogP contribution in [0.25, 0.3) is 0 Å². The Labute approximate surface area is 134 Å². The summed E-state index contributed by atoms with van der Waals surface area (Å²) in [5.41, 5.74) is 1.23. The van der Waals surface area contributed by atoms with Crippen LogP contribution in [0.1, 0.15) is 10.8 Å². The van der Waals surface area contributed by atoms with E-state index in [9.17, 15) is 0 Å². The molecule has 0 bridgehead atoms. The summed E-state index contributed by atoms with van der Waals surface area (Å²) in [6.45, 7) is 2.49. The number of morpholine rings is 1. The van der Waals surface area contributed by atoms with Gasteiger partial charge >= 0.3 is 0 Å². The number of benzene rings is 1. The molecule has 21 heavy (non-hydrogen) atoms. The van der Waals surface area contributed by atoms with Gasteiger partial charge in [-0.1, -0.05) is 53.7 Å². The molecule has 0 amide bonds. The van der Waals surface area contributed by atoms with Gasteiger partial charge < -0.3 is 10.1 Å². The van der Waals surface area contributed by atoms with Crippen LogP contribution in [0.5, 0.6) is 0 Å². The van der Waals surface area contributed by atoms with E-state index < -0.39 is 0 Å². The number of pyridine rings is 1. The lowest BCUT2D eigenvalue weighted by Crippen LogP contribution is -2.41. The molecule has 1 saturated heterocycles. The zero-order valence-electron chi connectivity index (χ0n) is 11.5. The first-order chi connectivity index (χ1) is 10.3. The van der Waals surface area contributed by atoms with Crippen LogP contribution >= 0.6 is 23.4 Å². The topological polar surface area (TPSA) is 34.2 Å². The molecule has 2 aromatic rings. The van der Waals surface area contributed by atoms with Gasteiger partial charge in [0.1, 0.15) is 5.03 Å². The zero-order chi connectivity index (χ0) is 14.5. The fraction of sp³-hybridized carbons (Fsp3) is 0.312. The summed E-state index contributed by atoms with van der Waals surface area (Å²) >= 11 is 7.92. The molecule has 0 saturated carbocycles. The van der Waals surface area contributed by atoms with E-state index in [1.165, 1.54) is 5.56 Å². The van der Waals surface area contributed by atoms with E-state index >= 15 is 0 Å². The van der Waals surface area contributed by atoms with Gasteiger partial charge in [0, 0.05) is 19.3 Å². The number of hydrogen-bond acceptors (Lipinski definition) is 4. The molecule has 0 spiro atoms. The molecule has 1 unspecified atom stereocenters. The SMILES string of the molecule is Clc1cccnc1SC(c1ccccc1)[C@@H]1CNCCO1. The van der Waals surface area contributed by atoms with Gasteiger partial charge in [-0.2, -0.15) is 0 Å². The predicted octanol–water partition coefficient (Wildman–Crippen LogP) is 3.56. The summed E-state index contributed by atoms with van der Waals surface area (Å²) in [5, 5.41) is 5.10. The molecule has 1 N–H and O–H groups in total. The van der Waals surface area contributed by atoms with Crippen LogP contribution in [-0.4, -0.2) is 30.8 Å². The fourth-order valence-corrected chi connectivity index (χ4v) is 3.78. The summed E-state index contributed by atoms with van der Waals surface area (Å²) in [5.74, 6) is 0. The van der Waals surface area contributed by atoms with Crippen molar-refractivity contribution in [1.82, 2.24) is 10.3 Å². The van der Waals surface area contributed by atoms with Crippen molar-refractivity contribution in [3.8, 4) is 0 Å². The standard InChI is InChI=1S/C16H17ClN2OS/c17-13-7-4-8-19-16(13)21-15(12-5-2-1-3-6-12)14-11-18-9-10-20-14/h1-8,14-15,18H,9-11H2/t14-,15?/m0/s1. The van der Waals surface area contributed by atoms with E-state index in [1.54, 1.807) is 18.0 Å². The molecule has 1 aromatic heterocycles. The van der Waals surface area contributed by atoms with Crippen molar-refractivity contribution >= 4 is 23.4 Å². The normalized spacial score (nSPS) is 20.1. The first-order valence-electron chi connectivity index (χ1n) is 6.99. The fourth-order valence-electron chi connectivity index (χ4n) is 2.36. The van der Waals surface area contributed by atoms with E-state index in [0.717, 1.165) is 24.7 Å². The molecule has 1 aliphatic heterocycles. The minimum absolute atomic E-state index is 0.115. The molecule has 1 aromatic carbocycles. The zero-order valence-corrected chi connectivity index (χ0v) is 13.1. The molecule has 0 aliphatic carbocycles. The second-order valence-corrected chi connectivity index (χ2v) is 6.39. The average molecular weight is 321 g/mol.